The molecule has 1 aliphatic heterocycles. The smallest absolute Gasteiger partial charge is 0.215 e. The average molecular weight is 282 g/mol. The molecule has 1 fully saturated rings. The molecule has 1 N–H and O–H groups in total. The lowest BCUT2D eigenvalue weighted by atomic mass is 10.1. The summed E-state index contributed by atoms with van der Waals surface area (Å²) in [5.74, 6) is 0.204. The summed E-state index contributed by atoms with van der Waals surface area (Å²) in [5.41, 5.74) is 2.21. The van der Waals surface area contributed by atoms with Gasteiger partial charge in [0.05, 0.1) is 5.75 Å². The monoisotopic (exact) mass is 282 g/mol. The third kappa shape index (κ3) is 4.03. The summed E-state index contributed by atoms with van der Waals surface area (Å²) in [6.07, 6.45) is 2.03. The van der Waals surface area contributed by atoms with Crippen LogP contribution in [0.4, 0.5) is 0 Å². The minimum Gasteiger partial charge on any atom is -0.313 e. The Balaban J connectivity index is 1.97. The van der Waals surface area contributed by atoms with Crippen LogP contribution < -0.4 is 5.32 Å². The molecule has 0 amide bonds. The molecular formula is C14H22N2O2S. The quantitative estimate of drug-likeness (QED) is 0.890. The molecule has 1 saturated heterocycles. The van der Waals surface area contributed by atoms with Gasteiger partial charge >= 0.3 is 0 Å². The van der Waals surface area contributed by atoms with Crippen molar-refractivity contribution in [1.82, 2.24) is 9.62 Å². The lowest BCUT2D eigenvalue weighted by Gasteiger charge is -2.20. The molecule has 5 heteroatoms. The van der Waals surface area contributed by atoms with E-state index in [0.717, 1.165) is 24.9 Å². The van der Waals surface area contributed by atoms with Gasteiger partial charge in [0.2, 0.25) is 10.0 Å². The molecule has 0 aliphatic carbocycles. The van der Waals surface area contributed by atoms with E-state index in [1.165, 1.54) is 9.87 Å². The normalized spacial score (nSPS) is 20.1. The molecule has 4 nitrogen and oxygen atoms in total. The van der Waals surface area contributed by atoms with Gasteiger partial charge in [0, 0.05) is 19.6 Å². The fourth-order valence-corrected chi connectivity index (χ4v) is 3.72. The van der Waals surface area contributed by atoms with Gasteiger partial charge in [-0.25, -0.2) is 12.7 Å². The van der Waals surface area contributed by atoms with E-state index in [2.05, 4.69) is 5.32 Å². The largest absolute Gasteiger partial charge is 0.313 e. The van der Waals surface area contributed by atoms with Crippen LogP contribution in [0.25, 0.3) is 0 Å². The van der Waals surface area contributed by atoms with E-state index in [-0.39, 0.29) is 11.8 Å². The molecule has 0 aromatic heterocycles. The molecule has 1 aromatic rings. The van der Waals surface area contributed by atoms with Crippen LogP contribution in [-0.2, 0) is 16.6 Å². The minimum absolute atomic E-state index is 0.116. The molecule has 1 aromatic carbocycles. The average Bonchev–Trinajstić information content (AvgIpc) is 2.84. The number of nitrogens with one attached hydrogen (secondary N) is 1. The Hall–Kier alpha value is -0.910. The summed E-state index contributed by atoms with van der Waals surface area (Å²) in [7, 11) is -1.52. The molecule has 106 valence electrons. The lowest BCUT2D eigenvalue weighted by molar-refractivity contribution is 0.459. The van der Waals surface area contributed by atoms with Gasteiger partial charge in [-0.2, -0.15) is 0 Å². The first-order chi connectivity index (χ1) is 8.97. The fourth-order valence-electron chi connectivity index (χ4n) is 2.33. The zero-order valence-electron chi connectivity index (χ0n) is 11.6. The van der Waals surface area contributed by atoms with Crippen molar-refractivity contribution in [3.05, 3.63) is 35.4 Å². The number of hydrogen-bond donors (Lipinski definition) is 1. The standard InChI is InChI=1S/C14H22N2O2S/c1-12-5-7-13(8-6-12)10-16(2)19(17,18)11-14-4-3-9-15-14/h5-8,14-15H,3-4,9-11H2,1-2H3. The Labute approximate surface area is 115 Å². The van der Waals surface area contributed by atoms with E-state index in [1.807, 2.05) is 31.2 Å². The van der Waals surface area contributed by atoms with Crippen LogP contribution >= 0.6 is 0 Å². The van der Waals surface area contributed by atoms with Gasteiger partial charge in [-0.1, -0.05) is 29.8 Å². The van der Waals surface area contributed by atoms with Crippen molar-refractivity contribution in [3.8, 4) is 0 Å². The van der Waals surface area contributed by atoms with Crippen molar-refractivity contribution in [2.75, 3.05) is 19.3 Å². The van der Waals surface area contributed by atoms with Gasteiger partial charge in [0.1, 0.15) is 0 Å². The van der Waals surface area contributed by atoms with Gasteiger partial charge in [-0.15, -0.1) is 0 Å². The molecular weight excluding hydrogens is 260 g/mol. The van der Waals surface area contributed by atoms with Crippen molar-refractivity contribution >= 4 is 10.0 Å². The molecule has 1 heterocycles. The first-order valence-corrected chi connectivity index (χ1v) is 8.31. The lowest BCUT2D eigenvalue weighted by Crippen LogP contribution is -2.37. The predicted octanol–water partition coefficient (Wildman–Crippen LogP) is 1.51. The van der Waals surface area contributed by atoms with Crippen molar-refractivity contribution in [3.63, 3.8) is 0 Å². The molecule has 1 unspecified atom stereocenters. The Morgan fingerprint density at radius 1 is 1.32 bits per heavy atom. The number of hydrogen-bond acceptors (Lipinski definition) is 3. The summed E-state index contributed by atoms with van der Waals surface area (Å²) in [6, 6.07) is 8.10. The zero-order valence-corrected chi connectivity index (χ0v) is 12.4. The van der Waals surface area contributed by atoms with Crippen LogP contribution in [0.1, 0.15) is 24.0 Å². The van der Waals surface area contributed by atoms with Crippen molar-refractivity contribution in [2.24, 2.45) is 0 Å². The summed E-state index contributed by atoms with van der Waals surface area (Å²) >= 11 is 0. The van der Waals surface area contributed by atoms with Gasteiger partial charge in [0.15, 0.2) is 0 Å². The molecule has 0 saturated carbocycles. The second-order valence-electron chi connectivity index (χ2n) is 5.31. The van der Waals surface area contributed by atoms with Crippen LogP contribution in [0.2, 0.25) is 0 Å². The van der Waals surface area contributed by atoms with Gasteiger partial charge in [-0.05, 0) is 31.9 Å². The number of benzene rings is 1. The summed E-state index contributed by atoms with van der Waals surface area (Å²) < 4.78 is 25.9. The van der Waals surface area contributed by atoms with Gasteiger partial charge < -0.3 is 5.32 Å². The molecule has 0 bridgehead atoms. The van der Waals surface area contributed by atoms with Crippen molar-refractivity contribution < 1.29 is 8.42 Å². The third-order valence-electron chi connectivity index (χ3n) is 3.57. The van der Waals surface area contributed by atoms with E-state index in [1.54, 1.807) is 7.05 Å². The Kier molecular flexibility index (Phi) is 4.60. The summed E-state index contributed by atoms with van der Waals surface area (Å²) in [6.45, 7) is 3.40. The van der Waals surface area contributed by atoms with E-state index < -0.39 is 10.0 Å². The highest BCUT2D eigenvalue weighted by molar-refractivity contribution is 7.89. The number of aryl methyl sites for hydroxylation is 1. The first kappa shape index (κ1) is 14.5. The van der Waals surface area contributed by atoms with Crippen LogP contribution in [-0.4, -0.2) is 38.1 Å². The van der Waals surface area contributed by atoms with E-state index in [0.29, 0.717) is 6.54 Å². The van der Waals surface area contributed by atoms with Gasteiger partial charge in [-0.3, -0.25) is 0 Å². The highest BCUT2D eigenvalue weighted by Gasteiger charge is 2.25. The number of nitrogens with zero attached hydrogens (tertiary/aromatic N) is 1. The van der Waals surface area contributed by atoms with Crippen molar-refractivity contribution in [1.29, 1.82) is 0 Å². The fraction of sp³-hybridized carbons (Fsp3) is 0.571. The molecule has 0 spiro atoms. The van der Waals surface area contributed by atoms with Gasteiger partial charge in [0.25, 0.3) is 0 Å². The Morgan fingerprint density at radius 2 is 2.00 bits per heavy atom. The zero-order chi connectivity index (χ0) is 13.9. The molecule has 2 rings (SSSR count). The number of sulfonamides is 1. The second kappa shape index (κ2) is 6.03. The second-order valence-corrected chi connectivity index (χ2v) is 7.43. The minimum atomic E-state index is -3.18. The summed E-state index contributed by atoms with van der Waals surface area (Å²) in [5, 5.41) is 3.23. The van der Waals surface area contributed by atoms with Crippen molar-refractivity contribution in [2.45, 2.75) is 32.4 Å². The molecule has 19 heavy (non-hydrogen) atoms. The third-order valence-corrected chi connectivity index (χ3v) is 5.48. The molecule has 0 radical (unpaired) electrons. The summed E-state index contributed by atoms with van der Waals surface area (Å²) in [4.78, 5) is 0. The van der Waals surface area contributed by atoms with Crippen LogP contribution in [0.3, 0.4) is 0 Å². The maximum absolute atomic E-state index is 12.2. The first-order valence-electron chi connectivity index (χ1n) is 6.70. The molecule has 1 aliphatic rings. The number of rotatable bonds is 5. The topological polar surface area (TPSA) is 49.4 Å². The predicted molar refractivity (Wildman–Crippen MR) is 77.5 cm³/mol. The van der Waals surface area contributed by atoms with Crippen LogP contribution in [0, 0.1) is 6.92 Å². The SMILES string of the molecule is Cc1ccc(CN(C)S(=O)(=O)CC2CCCN2)cc1. The maximum Gasteiger partial charge on any atom is 0.215 e. The van der Waals surface area contributed by atoms with E-state index >= 15 is 0 Å². The highest BCUT2D eigenvalue weighted by Crippen LogP contribution is 2.13. The van der Waals surface area contributed by atoms with E-state index in [4.69, 9.17) is 0 Å². The van der Waals surface area contributed by atoms with E-state index in [9.17, 15) is 8.42 Å². The molecule has 1 atom stereocenters. The highest BCUT2D eigenvalue weighted by atomic mass is 32.2. The van der Waals surface area contributed by atoms with Crippen LogP contribution in [0.5, 0.6) is 0 Å². The van der Waals surface area contributed by atoms with Crippen LogP contribution in [0.15, 0.2) is 24.3 Å². The maximum atomic E-state index is 12.2. The Bertz CT molecular complexity index is 505. The Morgan fingerprint density at radius 3 is 2.58 bits per heavy atom.